The van der Waals surface area contributed by atoms with Crippen LogP contribution >= 0.6 is 0 Å². The number of benzene rings is 1. The van der Waals surface area contributed by atoms with Gasteiger partial charge in [-0.05, 0) is 18.1 Å². The van der Waals surface area contributed by atoms with Crippen molar-refractivity contribution in [2.24, 2.45) is 0 Å². The third-order valence-electron chi connectivity index (χ3n) is 1.81. The quantitative estimate of drug-likeness (QED) is 0.751. The summed E-state index contributed by atoms with van der Waals surface area (Å²) in [5, 5.41) is 8.47. The smallest absolute Gasteiger partial charge is 0.328 e. The lowest BCUT2D eigenvalue weighted by Crippen LogP contribution is -1.99. The highest BCUT2D eigenvalue weighted by Crippen LogP contribution is 2.02. The molecule has 1 aromatic carbocycles. The molecule has 15 heavy (non-hydrogen) atoms. The van der Waals surface area contributed by atoms with Crippen molar-refractivity contribution in [3.05, 3.63) is 47.5 Å². The van der Waals surface area contributed by atoms with Crippen LogP contribution in [0.1, 0.15) is 12.5 Å². The van der Waals surface area contributed by atoms with E-state index in [9.17, 15) is 4.79 Å². The van der Waals surface area contributed by atoms with Gasteiger partial charge in [-0.1, -0.05) is 30.3 Å². The largest absolute Gasteiger partial charge is 0.478 e. The lowest BCUT2D eigenvalue weighted by atomic mass is 10.2. The van der Waals surface area contributed by atoms with Gasteiger partial charge in [-0.3, -0.25) is 0 Å². The Morgan fingerprint density at radius 2 is 2.07 bits per heavy atom. The molecule has 0 saturated carbocycles. The molecule has 0 saturated heterocycles. The molecule has 1 N–H and O–H groups in total. The van der Waals surface area contributed by atoms with E-state index in [0.717, 1.165) is 11.6 Å². The van der Waals surface area contributed by atoms with Gasteiger partial charge in [0.1, 0.15) is 0 Å². The maximum absolute atomic E-state index is 10.3. The molecule has 0 spiro atoms. The van der Waals surface area contributed by atoms with Crippen molar-refractivity contribution in [1.82, 2.24) is 0 Å². The first-order chi connectivity index (χ1) is 7.18. The van der Waals surface area contributed by atoms with Gasteiger partial charge in [-0.2, -0.15) is 0 Å². The highest BCUT2D eigenvalue weighted by atomic mass is 16.5. The third-order valence-corrected chi connectivity index (χ3v) is 1.81. The van der Waals surface area contributed by atoms with Crippen molar-refractivity contribution < 1.29 is 14.6 Å². The Hall–Kier alpha value is -1.61. The van der Waals surface area contributed by atoms with Crippen LogP contribution in [0, 0.1) is 0 Å². The highest BCUT2D eigenvalue weighted by Gasteiger charge is 1.95. The summed E-state index contributed by atoms with van der Waals surface area (Å²) < 4.78 is 5.35. The number of carboxylic acids is 1. The molecule has 0 radical (unpaired) electrons. The maximum Gasteiger partial charge on any atom is 0.328 e. The molecule has 0 atom stereocenters. The van der Waals surface area contributed by atoms with Crippen molar-refractivity contribution >= 4 is 5.97 Å². The molecule has 0 aromatic heterocycles. The SMILES string of the molecule is C/C(=C\C(=O)O)COCc1ccccc1. The molecule has 0 aliphatic heterocycles. The van der Waals surface area contributed by atoms with Crippen LogP contribution < -0.4 is 0 Å². The van der Waals surface area contributed by atoms with Crippen LogP contribution in [0.5, 0.6) is 0 Å². The van der Waals surface area contributed by atoms with Crippen molar-refractivity contribution in [3.63, 3.8) is 0 Å². The summed E-state index contributed by atoms with van der Waals surface area (Å²) in [7, 11) is 0. The van der Waals surface area contributed by atoms with Crippen LogP contribution in [0.15, 0.2) is 42.0 Å². The fraction of sp³-hybridized carbons (Fsp3) is 0.250. The molecule has 0 fully saturated rings. The van der Waals surface area contributed by atoms with Gasteiger partial charge in [-0.25, -0.2) is 4.79 Å². The molecule has 3 heteroatoms. The average molecular weight is 206 g/mol. The third kappa shape index (κ3) is 4.98. The van der Waals surface area contributed by atoms with Crippen molar-refractivity contribution in [3.8, 4) is 0 Å². The average Bonchev–Trinajstić information content (AvgIpc) is 2.18. The molecule has 0 aliphatic rings. The second-order valence-corrected chi connectivity index (χ2v) is 3.31. The Morgan fingerprint density at radius 3 is 2.67 bits per heavy atom. The van der Waals surface area contributed by atoms with Gasteiger partial charge >= 0.3 is 5.97 Å². The van der Waals surface area contributed by atoms with E-state index in [4.69, 9.17) is 9.84 Å². The Morgan fingerprint density at radius 1 is 1.40 bits per heavy atom. The number of aliphatic carboxylic acids is 1. The van der Waals surface area contributed by atoms with E-state index in [2.05, 4.69) is 0 Å². The number of hydrogen-bond acceptors (Lipinski definition) is 2. The number of carbonyl (C=O) groups is 1. The fourth-order valence-electron chi connectivity index (χ4n) is 1.16. The number of hydrogen-bond donors (Lipinski definition) is 1. The van der Waals surface area contributed by atoms with Gasteiger partial charge in [0.15, 0.2) is 0 Å². The molecule has 1 aromatic rings. The van der Waals surface area contributed by atoms with Gasteiger partial charge in [0.05, 0.1) is 13.2 Å². The Kier molecular flexibility index (Phi) is 4.57. The van der Waals surface area contributed by atoms with Crippen LogP contribution in [0.4, 0.5) is 0 Å². The minimum absolute atomic E-state index is 0.348. The standard InChI is InChI=1S/C12H14O3/c1-10(7-12(13)14)8-15-9-11-5-3-2-4-6-11/h2-7H,8-9H2,1H3,(H,13,14)/b10-7+. The van der Waals surface area contributed by atoms with Crippen LogP contribution in [-0.2, 0) is 16.1 Å². The van der Waals surface area contributed by atoms with Gasteiger partial charge in [0.2, 0.25) is 0 Å². The number of rotatable bonds is 5. The van der Waals surface area contributed by atoms with E-state index >= 15 is 0 Å². The van der Waals surface area contributed by atoms with Crippen LogP contribution in [-0.4, -0.2) is 17.7 Å². The molecular formula is C12H14O3. The number of ether oxygens (including phenoxy) is 1. The second-order valence-electron chi connectivity index (χ2n) is 3.31. The summed E-state index contributed by atoms with van der Waals surface area (Å²) >= 11 is 0. The molecule has 0 heterocycles. The first-order valence-electron chi connectivity index (χ1n) is 4.70. The summed E-state index contributed by atoms with van der Waals surface area (Å²) in [5.41, 5.74) is 1.79. The van der Waals surface area contributed by atoms with Gasteiger partial charge < -0.3 is 9.84 Å². The first-order valence-corrected chi connectivity index (χ1v) is 4.70. The Bertz CT molecular complexity index is 341. The predicted octanol–water partition coefficient (Wildman–Crippen LogP) is 2.23. The van der Waals surface area contributed by atoms with E-state index in [1.807, 2.05) is 30.3 Å². The number of carboxylic acid groups (broad SMARTS) is 1. The lowest BCUT2D eigenvalue weighted by Gasteiger charge is -2.03. The molecule has 0 aliphatic carbocycles. The van der Waals surface area contributed by atoms with Crippen LogP contribution in [0.25, 0.3) is 0 Å². The van der Waals surface area contributed by atoms with Crippen molar-refractivity contribution in [1.29, 1.82) is 0 Å². The summed E-state index contributed by atoms with van der Waals surface area (Å²) in [6.45, 7) is 2.59. The zero-order valence-corrected chi connectivity index (χ0v) is 8.64. The molecule has 1 rings (SSSR count). The summed E-state index contributed by atoms with van der Waals surface area (Å²) in [6, 6.07) is 9.77. The molecule has 3 nitrogen and oxygen atoms in total. The zero-order valence-electron chi connectivity index (χ0n) is 8.64. The van der Waals surface area contributed by atoms with Gasteiger partial charge in [0, 0.05) is 6.08 Å². The van der Waals surface area contributed by atoms with E-state index < -0.39 is 5.97 Å². The minimum Gasteiger partial charge on any atom is -0.478 e. The van der Waals surface area contributed by atoms with Gasteiger partial charge in [-0.15, -0.1) is 0 Å². The van der Waals surface area contributed by atoms with Crippen molar-refractivity contribution in [2.75, 3.05) is 6.61 Å². The highest BCUT2D eigenvalue weighted by molar-refractivity contribution is 5.80. The zero-order chi connectivity index (χ0) is 11.1. The molecular weight excluding hydrogens is 192 g/mol. The normalized spacial score (nSPS) is 11.4. The van der Waals surface area contributed by atoms with E-state index in [1.165, 1.54) is 0 Å². The lowest BCUT2D eigenvalue weighted by molar-refractivity contribution is -0.131. The molecule has 0 amide bonds. The van der Waals surface area contributed by atoms with Gasteiger partial charge in [0.25, 0.3) is 0 Å². The van der Waals surface area contributed by atoms with E-state index in [-0.39, 0.29) is 0 Å². The summed E-state index contributed by atoms with van der Waals surface area (Å²) in [6.07, 6.45) is 1.16. The molecule has 0 bridgehead atoms. The molecule has 80 valence electrons. The monoisotopic (exact) mass is 206 g/mol. The molecule has 0 unspecified atom stereocenters. The summed E-state index contributed by atoms with van der Waals surface area (Å²) in [4.78, 5) is 10.3. The van der Waals surface area contributed by atoms with E-state index in [1.54, 1.807) is 6.92 Å². The minimum atomic E-state index is -0.934. The topological polar surface area (TPSA) is 46.5 Å². The summed E-state index contributed by atoms with van der Waals surface area (Å²) in [5.74, 6) is -0.934. The van der Waals surface area contributed by atoms with Crippen molar-refractivity contribution in [2.45, 2.75) is 13.5 Å². The maximum atomic E-state index is 10.3. The Balaban J connectivity index is 2.31. The first kappa shape index (κ1) is 11.5. The Labute approximate surface area is 89.0 Å². The second kappa shape index (κ2) is 5.98. The van der Waals surface area contributed by atoms with Crippen LogP contribution in [0.3, 0.4) is 0 Å². The van der Waals surface area contributed by atoms with Crippen LogP contribution in [0.2, 0.25) is 0 Å². The van der Waals surface area contributed by atoms with E-state index in [0.29, 0.717) is 18.8 Å². The predicted molar refractivity (Wildman–Crippen MR) is 57.5 cm³/mol. The fourth-order valence-corrected chi connectivity index (χ4v) is 1.16.